The highest BCUT2D eigenvalue weighted by atomic mass is 35.5. The molecule has 1 unspecified atom stereocenters. The zero-order valence-electron chi connectivity index (χ0n) is 19.1. The lowest BCUT2D eigenvalue weighted by atomic mass is 9.82. The number of fused-ring (bicyclic) bond motifs is 1. The van der Waals surface area contributed by atoms with Gasteiger partial charge in [0.2, 0.25) is 0 Å². The lowest BCUT2D eigenvalue weighted by molar-refractivity contribution is -0.141. The second kappa shape index (κ2) is 8.78. The van der Waals surface area contributed by atoms with Gasteiger partial charge in [-0.2, -0.15) is 0 Å². The van der Waals surface area contributed by atoms with Gasteiger partial charge in [-0.3, -0.25) is 9.59 Å². The van der Waals surface area contributed by atoms with E-state index in [0.29, 0.717) is 60.4 Å². The molecule has 5 nitrogen and oxygen atoms in total. The van der Waals surface area contributed by atoms with Crippen LogP contribution < -0.4 is 9.47 Å². The number of piperidine rings is 1. The highest BCUT2D eigenvalue weighted by Gasteiger charge is 2.44. The summed E-state index contributed by atoms with van der Waals surface area (Å²) in [4.78, 5) is 27.6. The molecule has 1 atom stereocenters. The molecule has 1 spiro atoms. The normalized spacial score (nSPS) is 18.3. The first-order chi connectivity index (χ1) is 15.2. The number of aryl methyl sites for hydroxylation is 1. The van der Waals surface area contributed by atoms with Crippen molar-refractivity contribution in [2.24, 2.45) is 0 Å². The van der Waals surface area contributed by atoms with Gasteiger partial charge in [0.25, 0.3) is 5.91 Å². The Balaban J connectivity index is 1.38. The van der Waals surface area contributed by atoms with Crippen molar-refractivity contribution in [3.05, 3.63) is 58.1 Å². The van der Waals surface area contributed by atoms with Gasteiger partial charge in [-0.15, -0.1) is 0 Å². The molecule has 170 valence electrons. The summed E-state index contributed by atoms with van der Waals surface area (Å²) in [6.45, 7) is 9.05. The van der Waals surface area contributed by atoms with Crippen LogP contribution in [0.2, 0.25) is 5.02 Å². The van der Waals surface area contributed by atoms with Gasteiger partial charge in [0.1, 0.15) is 17.1 Å². The van der Waals surface area contributed by atoms with Gasteiger partial charge in [-0.05, 0) is 55.2 Å². The van der Waals surface area contributed by atoms with Crippen LogP contribution in [0.1, 0.15) is 67.4 Å². The number of ketones is 1. The molecule has 1 saturated heterocycles. The van der Waals surface area contributed by atoms with Crippen LogP contribution in [0.5, 0.6) is 11.5 Å². The van der Waals surface area contributed by atoms with E-state index in [-0.39, 0.29) is 11.7 Å². The minimum Gasteiger partial charge on any atom is -0.486 e. The number of ether oxygens (including phenoxy) is 2. The van der Waals surface area contributed by atoms with Gasteiger partial charge in [0.05, 0.1) is 12.0 Å². The number of Topliss-reactive ketones (excluding diaryl/α,β-unsaturated/α-hetero) is 1. The fraction of sp³-hybridized carbons (Fsp3) is 0.462. The van der Waals surface area contributed by atoms with Crippen LogP contribution in [0.25, 0.3) is 0 Å². The number of rotatable bonds is 4. The maximum absolute atomic E-state index is 13.0. The first-order valence-electron chi connectivity index (χ1n) is 11.3. The van der Waals surface area contributed by atoms with Crippen LogP contribution in [-0.2, 0) is 4.79 Å². The van der Waals surface area contributed by atoms with Crippen molar-refractivity contribution in [1.82, 2.24) is 4.90 Å². The van der Waals surface area contributed by atoms with Crippen LogP contribution in [0.15, 0.2) is 36.4 Å². The predicted molar refractivity (Wildman–Crippen MR) is 125 cm³/mol. The standard InChI is InChI=1S/C26H30ClNO4/c1-16(2)19-5-7-21(8-6-19)31-18(4)25(30)28-11-9-26(10-12-28)15-23(29)22-14-20(27)13-17(3)24(22)32-26/h5-8,13-14,16,18H,9-12,15H2,1-4H3. The number of hydrogen-bond acceptors (Lipinski definition) is 4. The molecule has 2 aromatic rings. The monoisotopic (exact) mass is 455 g/mol. The Morgan fingerprint density at radius 1 is 1.12 bits per heavy atom. The van der Waals surface area contributed by atoms with Crippen molar-refractivity contribution < 1.29 is 19.1 Å². The van der Waals surface area contributed by atoms with Gasteiger partial charge in [-0.25, -0.2) is 0 Å². The number of halogens is 1. The zero-order valence-corrected chi connectivity index (χ0v) is 19.9. The molecule has 4 rings (SSSR count). The molecule has 0 N–H and O–H groups in total. The number of carbonyl (C=O) groups is 2. The van der Waals surface area contributed by atoms with E-state index in [1.165, 1.54) is 5.56 Å². The number of benzene rings is 2. The molecule has 2 aliphatic heterocycles. The zero-order chi connectivity index (χ0) is 23.0. The highest BCUT2D eigenvalue weighted by Crippen LogP contribution is 2.42. The van der Waals surface area contributed by atoms with E-state index in [0.717, 1.165) is 5.56 Å². The molecular formula is C26H30ClNO4. The third-order valence-corrected chi connectivity index (χ3v) is 6.75. The molecule has 0 saturated carbocycles. The molecule has 1 fully saturated rings. The largest absolute Gasteiger partial charge is 0.486 e. The number of likely N-dealkylation sites (tertiary alicyclic amines) is 1. The Kier molecular flexibility index (Phi) is 6.22. The molecule has 32 heavy (non-hydrogen) atoms. The summed E-state index contributed by atoms with van der Waals surface area (Å²) in [5.74, 6) is 1.78. The lowest BCUT2D eigenvalue weighted by Crippen LogP contribution is -2.54. The van der Waals surface area contributed by atoms with Gasteiger partial charge >= 0.3 is 0 Å². The summed E-state index contributed by atoms with van der Waals surface area (Å²) in [5, 5.41) is 0.544. The van der Waals surface area contributed by atoms with Crippen molar-refractivity contribution in [2.45, 2.75) is 64.6 Å². The molecule has 0 bridgehead atoms. The summed E-state index contributed by atoms with van der Waals surface area (Å²) in [6.07, 6.45) is 0.965. The molecule has 2 aromatic carbocycles. The van der Waals surface area contributed by atoms with Crippen molar-refractivity contribution in [2.75, 3.05) is 13.1 Å². The first kappa shape index (κ1) is 22.7. The van der Waals surface area contributed by atoms with Crippen LogP contribution in [-0.4, -0.2) is 41.4 Å². The SMILES string of the molecule is Cc1cc(Cl)cc2c1OC1(CCN(C(=O)C(C)Oc3ccc(C(C)C)cc3)CC1)CC2=O. The van der Waals surface area contributed by atoms with E-state index in [1.807, 2.05) is 42.2 Å². The van der Waals surface area contributed by atoms with E-state index in [4.69, 9.17) is 21.1 Å². The Hall–Kier alpha value is -2.53. The van der Waals surface area contributed by atoms with Gasteiger partial charge in [0.15, 0.2) is 11.9 Å². The second-order valence-corrected chi connectivity index (χ2v) is 9.73. The van der Waals surface area contributed by atoms with Gasteiger partial charge < -0.3 is 14.4 Å². The smallest absolute Gasteiger partial charge is 0.263 e. The molecule has 0 aromatic heterocycles. The third kappa shape index (κ3) is 4.49. The summed E-state index contributed by atoms with van der Waals surface area (Å²) < 4.78 is 12.3. The predicted octanol–water partition coefficient (Wildman–Crippen LogP) is 5.57. The van der Waals surface area contributed by atoms with E-state index in [9.17, 15) is 9.59 Å². The Bertz CT molecular complexity index is 1020. The quantitative estimate of drug-likeness (QED) is 0.605. The van der Waals surface area contributed by atoms with Gasteiger partial charge in [0, 0.05) is 31.0 Å². The number of nitrogens with zero attached hydrogens (tertiary/aromatic N) is 1. The summed E-state index contributed by atoms with van der Waals surface area (Å²) in [5.41, 5.74) is 2.10. The summed E-state index contributed by atoms with van der Waals surface area (Å²) in [7, 11) is 0. The topological polar surface area (TPSA) is 55.8 Å². The third-order valence-electron chi connectivity index (χ3n) is 6.53. The molecule has 1 amide bonds. The number of carbonyl (C=O) groups excluding carboxylic acids is 2. The fourth-order valence-electron chi connectivity index (χ4n) is 4.57. The van der Waals surface area contributed by atoms with Crippen molar-refractivity contribution >= 4 is 23.3 Å². The molecule has 0 radical (unpaired) electrons. The maximum Gasteiger partial charge on any atom is 0.263 e. The van der Waals surface area contributed by atoms with E-state index < -0.39 is 11.7 Å². The van der Waals surface area contributed by atoms with Crippen LogP contribution >= 0.6 is 11.6 Å². The van der Waals surface area contributed by atoms with E-state index in [1.54, 1.807) is 13.0 Å². The van der Waals surface area contributed by atoms with Crippen LogP contribution in [0.4, 0.5) is 0 Å². The molecular weight excluding hydrogens is 426 g/mol. The van der Waals surface area contributed by atoms with Crippen molar-refractivity contribution in [3.8, 4) is 11.5 Å². The summed E-state index contributed by atoms with van der Waals surface area (Å²) >= 11 is 6.12. The number of hydrogen-bond donors (Lipinski definition) is 0. The number of amides is 1. The molecule has 2 heterocycles. The van der Waals surface area contributed by atoms with E-state index in [2.05, 4.69) is 13.8 Å². The average molecular weight is 456 g/mol. The van der Waals surface area contributed by atoms with Crippen molar-refractivity contribution in [1.29, 1.82) is 0 Å². The Labute approximate surface area is 194 Å². The first-order valence-corrected chi connectivity index (χ1v) is 11.6. The fourth-order valence-corrected chi connectivity index (χ4v) is 4.84. The highest BCUT2D eigenvalue weighted by molar-refractivity contribution is 6.31. The maximum atomic E-state index is 13.0. The summed E-state index contributed by atoms with van der Waals surface area (Å²) in [6, 6.07) is 11.4. The van der Waals surface area contributed by atoms with Crippen LogP contribution in [0.3, 0.4) is 0 Å². The molecule has 2 aliphatic rings. The minimum atomic E-state index is -0.576. The average Bonchev–Trinajstić information content (AvgIpc) is 2.75. The van der Waals surface area contributed by atoms with Crippen LogP contribution in [0, 0.1) is 6.92 Å². The Morgan fingerprint density at radius 3 is 2.41 bits per heavy atom. The minimum absolute atomic E-state index is 0.0433. The Morgan fingerprint density at radius 2 is 1.78 bits per heavy atom. The van der Waals surface area contributed by atoms with Gasteiger partial charge in [-0.1, -0.05) is 37.6 Å². The lowest BCUT2D eigenvalue weighted by Gasteiger charge is -2.44. The molecule has 0 aliphatic carbocycles. The molecule has 6 heteroatoms. The second-order valence-electron chi connectivity index (χ2n) is 9.29. The van der Waals surface area contributed by atoms with Crippen molar-refractivity contribution in [3.63, 3.8) is 0 Å². The van der Waals surface area contributed by atoms with E-state index >= 15 is 0 Å².